The Kier molecular flexibility index (Phi) is 4.97. The van der Waals surface area contributed by atoms with Crippen LogP contribution >= 0.6 is 0 Å². The molecule has 0 fully saturated rings. The first kappa shape index (κ1) is 14.8. The second-order valence-electron chi connectivity index (χ2n) is 5.79. The Balaban J connectivity index is 2.18. The lowest BCUT2D eigenvalue weighted by atomic mass is 9.94. The molecule has 2 aromatic rings. The molecule has 1 nitrogen and oxygen atoms in total. The van der Waals surface area contributed by atoms with Crippen molar-refractivity contribution in [3.05, 3.63) is 70.8 Å². The molecule has 2 rings (SSSR count). The van der Waals surface area contributed by atoms with Crippen LogP contribution < -0.4 is 5.32 Å². The van der Waals surface area contributed by atoms with Gasteiger partial charge in [-0.15, -0.1) is 0 Å². The lowest BCUT2D eigenvalue weighted by Crippen LogP contribution is -2.19. The minimum absolute atomic E-state index is 0.373. The number of rotatable bonds is 5. The quantitative estimate of drug-likeness (QED) is 0.833. The Morgan fingerprint density at radius 2 is 1.50 bits per heavy atom. The highest BCUT2D eigenvalue weighted by atomic mass is 14.9. The third-order valence-electron chi connectivity index (χ3n) is 4.04. The second kappa shape index (κ2) is 6.71. The molecule has 1 unspecified atom stereocenters. The largest absolute Gasteiger partial charge is 0.313 e. The topological polar surface area (TPSA) is 12.0 Å². The van der Waals surface area contributed by atoms with Gasteiger partial charge in [0.25, 0.3) is 0 Å². The number of aryl methyl sites for hydroxylation is 1. The van der Waals surface area contributed by atoms with Gasteiger partial charge < -0.3 is 5.32 Å². The van der Waals surface area contributed by atoms with Gasteiger partial charge in [0.05, 0.1) is 0 Å². The monoisotopic (exact) mass is 267 g/mol. The van der Waals surface area contributed by atoms with Crippen LogP contribution in [-0.4, -0.2) is 7.05 Å². The summed E-state index contributed by atoms with van der Waals surface area (Å²) in [6.45, 7) is 6.65. The fourth-order valence-electron chi connectivity index (χ4n) is 2.56. The molecule has 0 heterocycles. The van der Waals surface area contributed by atoms with Crippen LogP contribution in [0.4, 0.5) is 0 Å². The molecular weight excluding hydrogens is 242 g/mol. The van der Waals surface area contributed by atoms with Crippen molar-refractivity contribution in [2.75, 3.05) is 7.05 Å². The van der Waals surface area contributed by atoms with E-state index in [4.69, 9.17) is 0 Å². The van der Waals surface area contributed by atoms with Crippen molar-refractivity contribution in [2.45, 2.75) is 39.2 Å². The zero-order valence-electron chi connectivity index (χ0n) is 13.0. The fourth-order valence-corrected chi connectivity index (χ4v) is 2.56. The highest BCUT2D eigenvalue weighted by Gasteiger charge is 2.11. The lowest BCUT2D eigenvalue weighted by molar-refractivity contribution is 0.590. The summed E-state index contributed by atoms with van der Waals surface area (Å²) >= 11 is 0. The second-order valence-corrected chi connectivity index (χ2v) is 5.79. The van der Waals surface area contributed by atoms with Crippen LogP contribution in [0.1, 0.15) is 48.1 Å². The van der Waals surface area contributed by atoms with Crippen molar-refractivity contribution in [1.29, 1.82) is 0 Å². The molecule has 2 aromatic carbocycles. The van der Waals surface area contributed by atoms with Crippen LogP contribution in [0.2, 0.25) is 0 Å². The number of likely N-dealkylation sites (N-methyl/N-ethyl adjacent to an activating group) is 1. The third kappa shape index (κ3) is 3.49. The van der Waals surface area contributed by atoms with E-state index in [2.05, 4.69) is 74.6 Å². The Morgan fingerprint density at radius 3 is 2.05 bits per heavy atom. The van der Waals surface area contributed by atoms with E-state index >= 15 is 0 Å². The van der Waals surface area contributed by atoms with Crippen LogP contribution in [0.5, 0.6) is 0 Å². The van der Waals surface area contributed by atoms with E-state index in [1.165, 1.54) is 22.3 Å². The Hall–Kier alpha value is -1.60. The summed E-state index contributed by atoms with van der Waals surface area (Å²) in [4.78, 5) is 0. The van der Waals surface area contributed by atoms with Gasteiger partial charge in [0.2, 0.25) is 0 Å². The van der Waals surface area contributed by atoms with Crippen LogP contribution in [0.15, 0.2) is 48.5 Å². The molecular formula is C19H25N. The van der Waals surface area contributed by atoms with Gasteiger partial charge >= 0.3 is 0 Å². The van der Waals surface area contributed by atoms with E-state index in [0.29, 0.717) is 12.0 Å². The van der Waals surface area contributed by atoms with E-state index < -0.39 is 0 Å². The number of benzene rings is 2. The summed E-state index contributed by atoms with van der Waals surface area (Å²) < 4.78 is 0. The minimum atomic E-state index is 0.373. The highest BCUT2D eigenvalue weighted by molar-refractivity contribution is 5.31. The van der Waals surface area contributed by atoms with Crippen molar-refractivity contribution in [3.63, 3.8) is 0 Å². The van der Waals surface area contributed by atoms with Crippen LogP contribution in [0, 0.1) is 6.92 Å². The molecule has 20 heavy (non-hydrogen) atoms. The average molecular weight is 267 g/mol. The lowest BCUT2D eigenvalue weighted by Gasteiger charge is -2.19. The normalized spacial score (nSPS) is 12.7. The minimum Gasteiger partial charge on any atom is -0.313 e. The predicted molar refractivity (Wildman–Crippen MR) is 87.2 cm³/mol. The molecule has 106 valence electrons. The molecule has 0 aliphatic heterocycles. The number of hydrogen-bond donors (Lipinski definition) is 1. The SMILES string of the molecule is CNC(Cc1ccccc1C)c1ccc(C(C)C)cc1. The molecule has 0 aliphatic carbocycles. The molecule has 1 N–H and O–H groups in total. The van der Waals surface area contributed by atoms with E-state index in [9.17, 15) is 0 Å². The Morgan fingerprint density at radius 1 is 0.900 bits per heavy atom. The molecule has 0 saturated carbocycles. The van der Waals surface area contributed by atoms with Gasteiger partial charge in [-0.05, 0) is 48.6 Å². The smallest absolute Gasteiger partial charge is 0.0358 e. The Bertz CT molecular complexity index is 540. The van der Waals surface area contributed by atoms with E-state index in [-0.39, 0.29) is 0 Å². The molecule has 1 heteroatoms. The first-order valence-corrected chi connectivity index (χ1v) is 7.43. The summed E-state index contributed by atoms with van der Waals surface area (Å²) in [6.07, 6.45) is 1.03. The van der Waals surface area contributed by atoms with Crippen molar-refractivity contribution in [3.8, 4) is 0 Å². The maximum atomic E-state index is 3.44. The van der Waals surface area contributed by atoms with Crippen molar-refractivity contribution < 1.29 is 0 Å². The first-order valence-electron chi connectivity index (χ1n) is 7.43. The molecule has 1 atom stereocenters. The van der Waals surface area contributed by atoms with Gasteiger partial charge in [0.1, 0.15) is 0 Å². The molecule has 0 radical (unpaired) electrons. The van der Waals surface area contributed by atoms with Crippen molar-refractivity contribution in [2.24, 2.45) is 0 Å². The predicted octanol–water partition coefficient (Wildman–Crippen LogP) is 4.62. The third-order valence-corrected chi connectivity index (χ3v) is 4.04. The molecule has 0 saturated heterocycles. The summed E-state index contributed by atoms with van der Waals surface area (Å²) in [5, 5.41) is 3.44. The van der Waals surface area contributed by atoms with Crippen molar-refractivity contribution in [1.82, 2.24) is 5.32 Å². The van der Waals surface area contributed by atoms with Gasteiger partial charge in [-0.1, -0.05) is 62.4 Å². The molecule has 0 spiro atoms. The standard InChI is InChI=1S/C19H25N/c1-14(2)16-9-11-17(12-10-16)19(20-4)13-18-8-6-5-7-15(18)3/h5-12,14,19-20H,13H2,1-4H3. The van der Waals surface area contributed by atoms with E-state index in [0.717, 1.165) is 6.42 Å². The van der Waals surface area contributed by atoms with Gasteiger partial charge in [0.15, 0.2) is 0 Å². The summed E-state index contributed by atoms with van der Waals surface area (Å²) in [6, 6.07) is 18.0. The van der Waals surface area contributed by atoms with Gasteiger partial charge in [-0.2, -0.15) is 0 Å². The summed E-state index contributed by atoms with van der Waals surface area (Å²) in [5.41, 5.74) is 5.55. The van der Waals surface area contributed by atoms with Gasteiger partial charge in [-0.25, -0.2) is 0 Å². The first-order chi connectivity index (χ1) is 9.61. The van der Waals surface area contributed by atoms with Gasteiger partial charge in [0, 0.05) is 6.04 Å². The summed E-state index contributed by atoms with van der Waals surface area (Å²) in [5.74, 6) is 0.591. The number of hydrogen-bond acceptors (Lipinski definition) is 1. The van der Waals surface area contributed by atoms with Crippen LogP contribution in [0.3, 0.4) is 0 Å². The molecule has 0 amide bonds. The molecule has 0 bridgehead atoms. The molecule has 0 aliphatic rings. The zero-order chi connectivity index (χ0) is 14.5. The van der Waals surface area contributed by atoms with Crippen LogP contribution in [-0.2, 0) is 6.42 Å². The maximum absolute atomic E-state index is 3.44. The summed E-state index contributed by atoms with van der Waals surface area (Å²) in [7, 11) is 2.04. The fraction of sp³-hybridized carbons (Fsp3) is 0.368. The average Bonchev–Trinajstić information content (AvgIpc) is 2.46. The molecule has 0 aromatic heterocycles. The van der Waals surface area contributed by atoms with Crippen molar-refractivity contribution >= 4 is 0 Å². The van der Waals surface area contributed by atoms with Crippen LogP contribution in [0.25, 0.3) is 0 Å². The number of nitrogens with one attached hydrogen (secondary N) is 1. The highest BCUT2D eigenvalue weighted by Crippen LogP contribution is 2.22. The van der Waals surface area contributed by atoms with Gasteiger partial charge in [-0.3, -0.25) is 0 Å². The van der Waals surface area contributed by atoms with E-state index in [1.54, 1.807) is 0 Å². The Labute approximate surface area is 123 Å². The maximum Gasteiger partial charge on any atom is 0.0358 e. The van der Waals surface area contributed by atoms with E-state index in [1.807, 2.05) is 7.05 Å². The zero-order valence-corrected chi connectivity index (χ0v) is 13.0.